The maximum Gasteiger partial charge on any atom is 0.418 e. The van der Waals surface area contributed by atoms with Crippen LogP contribution in [0, 0.1) is 0 Å². The number of rotatable bonds is 7. The van der Waals surface area contributed by atoms with Crippen LogP contribution in [0.5, 0.6) is 0 Å². The quantitative estimate of drug-likeness (QED) is 0.517. The van der Waals surface area contributed by atoms with Crippen molar-refractivity contribution in [1.29, 1.82) is 0 Å². The smallest absolute Gasteiger partial charge is 0.383 e. The molecule has 0 spiro atoms. The number of carbonyl (C=O) groups excluding carboxylic acids is 1. The number of carbonyl (C=O) groups is 1. The Morgan fingerprint density at radius 3 is 2.76 bits per heavy atom. The van der Waals surface area contributed by atoms with E-state index in [0.717, 1.165) is 34.9 Å². The zero-order valence-corrected chi connectivity index (χ0v) is 16.9. The summed E-state index contributed by atoms with van der Waals surface area (Å²) < 4.78 is 46.6. The number of anilines is 1. The molecule has 0 aliphatic heterocycles. The Balaban J connectivity index is 1.75. The first-order chi connectivity index (χ1) is 13.8. The molecule has 3 rings (SSSR count). The lowest BCUT2D eigenvalue weighted by Gasteiger charge is -2.14. The molecule has 10 heteroatoms. The number of benzene rings is 2. The zero-order chi connectivity index (χ0) is 21.0. The summed E-state index contributed by atoms with van der Waals surface area (Å²) in [5.41, 5.74) is 0.337. The molecule has 3 aromatic rings. The van der Waals surface area contributed by atoms with Gasteiger partial charge < -0.3 is 14.6 Å². The molecule has 0 unspecified atom stereocenters. The molecule has 1 amide bonds. The number of hydrogen-bond donors (Lipinski definition) is 1. The topological polar surface area (TPSA) is 56.1 Å². The average molecular weight is 444 g/mol. The molecule has 0 fully saturated rings. The van der Waals surface area contributed by atoms with Gasteiger partial charge >= 0.3 is 6.18 Å². The Bertz CT molecular complexity index is 1020. The van der Waals surface area contributed by atoms with Crippen LogP contribution >= 0.6 is 23.4 Å². The second kappa shape index (κ2) is 9.06. The third-order valence-electron chi connectivity index (χ3n) is 4.03. The van der Waals surface area contributed by atoms with E-state index in [9.17, 15) is 18.0 Å². The van der Waals surface area contributed by atoms with Crippen LogP contribution in [0.3, 0.4) is 0 Å². The van der Waals surface area contributed by atoms with Crippen LogP contribution in [0.2, 0.25) is 5.02 Å². The van der Waals surface area contributed by atoms with Crippen molar-refractivity contribution in [3.8, 4) is 0 Å². The molecule has 154 valence electrons. The van der Waals surface area contributed by atoms with Gasteiger partial charge in [0, 0.05) is 18.7 Å². The maximum absolute atomic E-state index is 13.2. The van der Waals surface area contributed by atoms with Crippen LogP contribution in [0.25, 0.3) is 11.0 Å². The second-order valence-corrected chi connectivity index (χ2v) is 7.43. The molecule has 0 saturated carbocycles. The van der Waals surface area contributed by atoms with Gasteiger partial charge in [-0.05, 0) is 30.3 Å². The minimum atomic E-state index is -4.63. The summed E-state index contributed by atoms with van der Waals surface area (Å²) in [4.78, 5) is 16.8. The predicted octanol–water partition coefficient (Wildman–Crippen LogP) is 5.09. The number of nitrogens with one attached hydrogen (secondary N) is 1. The highest BCUT2D eigenvalue weighted by Crippen LogP contribution is 2.36. The van der Waals surface area contributed by atoms with E-state index < -0.39 is 17.6 Å². The molecule has 5 nitrogen and oxygen atoms in total. The first-order valence-corrected chi connectivity index (χ1v) is 9.89. The summed E-state index contributed by atoms with van der Waals surface area (Å²) >= 11 is 6.80. The molecule has 2 aromatic carbocycles. The number of halogens is 4. The fourth-order valence-electron chi connectivity index (χ4n) is 2.74. The third-order valence-corrected chi connectivity index (χ3v) is 5.24. The van der Waals surface area contributed by atoms with Crippen LogP contribution < -0.4 is 5.32 Å². The molecule has 0 saturated heterocycles. The van der Waals surface area contributed by atoms with Crippen molar-refractivity contribution in [1.82, 2.24) is 9.55 Å². The van der Waals surface area contributed by atoms with E-state index in [4.69, 9.17) is 16.3 Å². The van der Waals surface area contributed by atoms with E-state index in [-0.39, 0.29) is 16.5 Å². The minimum absolute atomic E-state index is 0.0587. The summed E-state index contributed by atoms with van der Waals surface area (Å²) in [5.74, 6) is -0.677. The number of alkyl halides is 3. The fourth-order valence-corrected chi connectivity index (χ4v) is 3.75. The molecule has 0 bridgehead atoms. The third kappa shape index (κ3) is 5.23. The number of ether oxygens (including phenoxy) is 1. The van der Waals surface area contributed by atoms with Crippen LogP contribution in [0.4, 0.5) is 18.9 Å². The zero-order valence-electron chi connectivity index (χ0n) is 15.3. The Morgan fingerprint density at radius 1 is 1.28 bits per heavy atom. The van der Waals surface area contributed by atoms with Gasteiger partial charge in [0.05, 0.1) is 34.6 Å². The highest BCUT2D eigenvalue weighted by Gasteiger charge is 2.34. The monoisotopic (exact) mass is 443 g/mol. The van der Waals surface area contributed by atoms with E-state index >= 15 is 0 Å². The van der Waals surface area contributed by atoms with Crippen molar-refractivity contribution in [3.63, 3.8) is 0 Å². The van der Waals surface area contributed by atoms with Crippen molar-refractivity contribution >= 4 is 46.0 Å². The van der Waals surface area contributed by atoms with E-state index in [0.29, 0.717) is 18.3 Å². The Hall–Kier alpha value is -2.23. The minimum Gasteiger partial charge on any atom is -0.383 e. The van der Waals surface area contributed by atoms with E-state index in [1.807, 2.05) is 28.8 Å². The number of thioether (sulfide) groups is 1. The van der Waals surface area contributed by atoms with Crippen molar-refractivity contribution in [2.75, 3.05) is 24.8 Å². The van der Waals surface area contributed by atoms with Crippen LogP contribution in [-0.4, -0.2) is 34.9 Å². The van der Waals surface area contributed by atoms with Gasteiger partial charge in [-0.15, -0.1) is 0 Å². The number of amides is 1. The van der Waals surface area contributed by atoms with Crippen molar-refractivity contribution in [2.24, 2.45) is 0 Å². The number of aromatic nitrogens is 2. The summed E-state index contributed by atoms with van der Waals surface area (Å²) in [6, 6.07) is 10.7. The number of imidazole rings is 1. The normalized spacial score (nSPS) is 11.8. The molecule has 1 aromatic heterocycles. The number of fused-ring (bicyclic) bond motifs is 1. The summed E-state index contributed by atoms with van der Waals surface area (Å²) in [5, 5.41) is 2.84. The molecular weight excluding hydrogens is 427 g/mol. The second-order valence-electron chi connectivity index (χ2n) is 6.05. The fraction of sp³-hybridized carbons (Fsp3) is 0.263. The molecule has 1 heterocycles. The largest absolute Gasteiger partial charge is 0.418 e. The Labute approximate surface area is 174 Å². The standard InChI is InChI=1S/C19H17ClF3N3O2S/c1-28-9-8-26-16-5-3-2-4-15(16)25-18(26)29-11-17(27)24-14-7-6-12(20)10-13(14)19(21,22)23/h2-7,10H,8-9,11H2,1H3,(H,24,27). The van der Waals surface area contributed by atoms with E-state index in [1.54, 1.807) is 7.11 Å². The van der Waals surface area contributed by atoms with Crippen molar-refractivity contribution < 1.29 is 22.7 Å². The summed E-state index contributed by atoms with van der Waals surface area (Å²) in [7, 11) is 1.59. The van der Waals surface area contributed by atoms with Crippen LogP contribution in [-0.2, 0) is 22.3 Å². The lowest BCUT2D eigenvalue weighted by atomic mass is 10.1. The Morgan fingerprint density at radius 2 is 2.03 bits per heavy atom. The first kappa shape index (κ1) is 21.5. The van der Waals surface area contributed by atoms with Gasteiger partial charge in [-0.25, -0.2) is 4.98 Å². The number of hydrogen-bond acceptors (Lipinski definition) is 4. The van der Waals surface area contributed by atoms with Crippen molar-refractivity contribution in [3.05, 3.63) is 53.1 Å². The van der Waals surface area contributed by atoms with Gasteiger partial charge in [-0.3, -0.25) is 4.79 Å². The predicted molar refractivity (Wildman–Crippen MR) is 107 cm³/mol. The van der Waals surface area contributed by atoms with Gasteiger partial charge in [0.25, 0.3) is 0 Å². The first-order valence-electron chi connectivity index (χ1n) is 8.53. The van der Waals surface area contributed by atoms with E-state index in [1.165, 1.54) is 6.07 Å². The van der Waals surface area contributed by atoms with Crippen LogP contribution in [0.1, 0.15) is 5.56 Å². The molecule has 29 heavy (non-hydrogen) atoms. The highest BCUT2D eigenvalue weighted by molar-refractivity contribution is 7.99. The van der Waals surface area contributed by atoms with E-state index in [2.05, 4.69) is 10.3 Å². The van der Waals surface area contributed by atoms with Gasteiger partial charge in [0.1, 0.15) is 0 Å². The highest BCUT2D eigenvalue weighted by atomic mass is 35.5. The molecule has 0 radical (unpaired) electrons. The van der Waals surface area contributed by atoms with Gasteiger partial charge in [-0.1, -0.05) is 35.5 Å². The molecule has 1 N–H and O–H groups in total. The molecule has 0 aliphatic carbocycles. The lowest BCUT2D eigenvalue weighted by Crippen LogP contribution is -2.18. The number of nitrogens with zero attached hydrogens (tertiary/aromatic N) is 2. The Kier molecular flexibility index (Phi) is 6.71. The van der Waals surface area contributed by atoms with Gasteiger partial charge in [0.2, 0.25) is 5.91 Å². The molecule has 0 atom stereocenters. The SMILES string of the molecule is COCCn1c(SCC(=O)Nc2ccc(Cl)cc2C(F)(F)F)nc2ccccc21. The van der Waals surface area contributed by atoms with Gasteiger partial charge in [0.15, 0.2) is 5.16 Å². The summed E-state index contributed by atoms with van der Waals surface area (Å²) in [6.45, 7) is 0.996. The number of para-hydroxylation sites is 2. The molecule has 0 aliphatic rings. The van der Waals surface area contributed by atoms with Crippen molar-refractivity contribution in [2.45, 2.75) is 17.9 Å². The number of methoxy groups -OCH3 is 1. The van der Waals surface area contributed by atoms with Crippen LogP contribution in [0.15, 0.2) is 47.6 Å². The molecular formula is C19H17ClF3N3O2S. The maximum atomic E-state index is 13.2. The average Bonchev–Trinajstić information content (AvgIpc) is 3.03. The lowest BCUT2D eigenvalue weighted by molar-refractivity contribution is -0.137. The summed E-state index contributed by atoms with van der Waals surface area (Å²) in [6.07, 6.45) is -4.63. The van der Waals surface area contributed by atoms with Gasteiger partial charge in [-0.2, -0.15) is 13.2 Å².